The third-order valence-corrected chi connectivity index (χ3v) is 2.70. The minimum absolute atomic E-state index is 0.102. The van der Waals surface area contributed by atoms with Gasteiger partial charge in [-0.25, -0.2) is 14.1 Å². The first kappa shape index (κ1) is 11.4. The number of alkyl halides is 1. The number of halogens is 3. The maximum atomic E-state index is 13.6. The van der Waals surface area contributed by atoms with Crippen LogP contribution in [0.15, 0.2) is 24.5 Å². The molecule has 16 heavy (non-hydrogen) atoms. The Morgan fingerprint density at radius 2 is 2.19 bits per heavy atom. The first-order valence-electron chi connectivity index (χ1n) is 4.58. The van der Waals surface area contributed by atoms with Gasteiger partial charge in [-0.15, -0.1) is 11.6 Å². The predicted molar refractivity (Wildman–Crippen MR) is 60.1 cm³/mol. The first-order chi connectivity index (χ1) is 7.72. The smallest absolute Gasteiger partial charge is 0.146 e. The molecule has 0 saturated heterocycles. The van der Waals surface area contributed by atoms with Gasteiger partial charge in [0.05, 0.1) is 17.4 Å². The number of nitrogens with zero attached hydrogens (tertiary/aromatic N) is 3. The van der Waals surface area contributed by atoms with Gasteiger partial charge in [0.2, 0.25) is 0 Å². The number of hydrogen-bond acceptors (Lipinski definition) is 2. The number of rotatable bonds is 3. The van der Waals surface area contributed by atoms with Crippen LogP contribution in [0.3, 0.4) is 0 Å². The lowest BCUT2D eigenvalue weighted by Gasteiger charge is -2.06. The second kappa shape index (κ2) is 4.80. The molecular formula is C10H8Cl2FN3. The molecule has 0 saturated carbocycles. The van der Waals surface area contributed by atoms with Crippen molar-refractivity contribution in [2.75, 3.05) is 0 Å². The van der Waals surface area contributed by atoms with Crippen molar-refractivity contribution >= 4 is 23.2 Å². The van der Waals surface area contributed by atoms with E-state index in [9.17, 15) is 4.39 Å². The van der Waals surface area contributed by atoms with Crippen molar-refractivity contribution in [3.8, 4) is 0 Å². The van der Waals surface area contributed by atoms with Gasteiger partial charge < -0.3 is 0 Å². The molecule has 0 aliphatic carbocycles. The van der Waals surface area contributed by atoms with Crippen LogP contribution in [0, 0.1) is 5.82 Å². The van der Waals surface area contributed by atoms with Crippen LogP contribution in [0.2, 0.25) is 5.02 Å². The second-order valence-corrected chi connectivity index (χ2v) is 3.85. The zero-order chi connectivity index (χ0) is 11.5. The van der Waals surface area contributed by atoms with E-state index in [1.807, 2.05) is 0 Å². The molecule has 0 spiro atoms. The zero-order valence-electron chi connectivity index (χ0n) is 8.20. The van der Waals surface area contributed by atoms with Crippen molar-refractivity contribution in [1.29, 1.82) is 0 Å². The van der Waals surface area contributed by atoms with Crippen molar-refractivity contribution in [2.45, 2.75) is 12.4 Å². The third-order valence-electron chi connectivity index (χ3n) is 2.17. The summed E-state index contributed by atoms with van der Waals surface area (Å²) >= 11 is 11.3. The molecule has 0 amide bonds. The lowest BCUT2D eigenvalue weighted by Crippen LogP contribution is -2.07. The second-order valence-electron chi connectivity index (χ2n) is 3.18. The summed E-state index contributed by atoms with van der Waals surface area (Å²) in [7, 11) is 0. The summed E-state index contributed by atoms with van der Waals surface area (Å²) < 4.78 is 15.1. The van der Waals surface area contributed by atoms with Gasteiger partial charge in [0.15, 0.2) is 0 Å². The molecule has 2 aromatic rings. The predicted octanol–water partition coefficient (Wildman–Crippen LogP) is 2.86. The SMILES string of the molecule is Fc1c(Cl)cccc1Cn1ncnc1CCl. The molecule has 1 heterocycles. The van der Waals surface area contributed by atoms with Crippen LogP contribution in [-0.4, -0.2) is 14.8 Å². The van der Waals surface area contributed by atoms with E-state index >= 15 is 0 Å². The van der Waals surface area contributed by atoms with E-state index in [0.29, 0.717) is 11.4 Å². The van der Waals surface area contributed by atoms with Crippen molar-refractivity contribution in [2.24, 2.45) is 0 Å². The molecule has 1 aromatic carbocycles. The highest BCUT2D eigenvalue weighted by Gasteiger charge is 2.09. The van der Waals surface area contributed by atoms with Crippen LogP contribution in [0.5, 0.6) is 0 Å². The van der Waals surface area contributed by atoms with Crippen molar-refractivity contribution in [1.82, 2.24) is 14.8 Å². The molecule has 2 rings (SSSR count). The van der Waals surface area contributed by atoms with E-state index in [-0.39, 0.29) is 17.4 Å². The molecule has 0 aliphatic rings. The summed E-state index contributed by atoms with van der Waals surface area (Å²) in [6, 6.07) is 4.85. The molecule has 0 fully saturated rings. The number of aromatic nitrogens is 3. The van der Waals surface area contributed by atoms with Crippen molar-refractivity contribution in [3.63, 3.8) is 0 Å². The lowest BCUT2D eigenvalue weighted by atomic mass is 10.2. The van der Waals surface area contributed by atoms with E-state index in [0.717, 1.165) is 0 Å². The molecule has 3 nitrogen and oxygen atoms in total. The Bertz CT molecular complexity index is 499. The summed E-state index contributed by atoms with van der Waals surface area (Å²) in [5, 5.41) is 4.07. The van der Waals surface area contributed by atoms with Gasteiger partial charge in [0, 0.05) is 5.56 Å². The minimum Gasteiger partial charge on any atom is -0.244 e. The molecular weight excluding hydrogens is 252 g/mol. The summed E-state index contributed by atoms with van der Waals surface area (Å²) in [6.07, 6.45) is 1.39. The van der Waals surface area contributed by atoms with E-state index in [4.69, 9.17) is 23.2 Å². The Morgan fingerprint density at radius 3 is 2.94 bits per heavy atom. The minimum atomic E-state index is -0.430. The molecule has 0 aliphatic heterocycles. The molecule has 84 valence electrons. The van der Waals surface area contributed by atoms with Gasteiger partial charge in [0.1, 0.15) is 18.0 Å². The molecule has 1 aromatic heterocycles. The Morgan fingerprint density at radius 1 is 1.38 bits per heavy atom. The fraction of sp³-hybridized carbons (Fsp3) is 0.200. The summed E-state index contributed by atoms with van der Waals surface area (Å²) in [5.41, 5.74) is 0.462. The van der Waals surface area contributed by atoms with Crippen LogP contribution in [0.1, 0.15) is 11.4 Å². The molecule has 6 heteroatoms. The molecule has 0 atom stereocenters. The Labute approximate surface area is 102 Å². The Hall–Kier alpha value is -1.13. The van der Waals surface area contributed by atoms with Gasteiger partial charge in [0.25, 0.3) is 0 Å². The number of benzene rings is 1. The van der Waals surface area contributed by atoms with E-state index in [1.165, 1.54) is 12.4 Å². The summed E-state index contributed by atoms with van der Waals surface area (Å²) in [5.74, 6) is 0.406. The van der Waals surface area contributed by atoms with Gasteiger partial charge in [-0.3, -0.25) is 0 Å². The van der Waals surface area contributed by atoms with Crippen LogP contribution < -0.4 is 0 Å². The lowest BCUT2D eigenvalue weighted by molar-refractivity contribution is 0.578. The average Bonchev–Trinajstić information content (AvgIpc) is 2.72. The van der Waals surface area contributed by atoms with E-state index in [2.05, 4.69) is 10.1 Å². The van der Waals surface area contributed by atoms with Crippen LogP contribution in [0.25, 0.3) is 0 Å². The fourth-order valence-corrected chi connectivity index (χ4v) is 1.76. The highest BCUT2D eigenvalue weighted by molar-refractivity contribution is 6.30. The quantitative estimate of drug-likeness (QED) is 0.794. The van der Waals surface area contributed by atoms with Gasteiger partial charge in [-0.2, -0.15) is 5.10 Å². The maximum Gasteiger partial charge on any atom is 0.146 e. The van der Waals surface area contributed by atoms with Crippen LogP contribution in [0.4, 0.5) is 4.39 Å². The standard InChI is InChI=1S/C10H8Cl2FN3/c11-4-9-14-6-15-16(9)5-7-2-1-3-8(12)10(7)13/h1-3,6H,4-5H2. The Kier molecular flexibility index (Phi) is 3.41. The topological polar surface area (TPSA) is 30.7 Å². The molecule has 0 unspecified atom stereocenters. The highest BCUT2D eigenvalue weighted by atomic mass is 35.5. The molecule has 0 bridgehead atoms. The number of hydrogen-bond donors (Lipinski definition) is 0. The van der Waals surface area contributed by atoms with Gasteiger partial charge >= 0.3 is 0 Å². The first-order valence-corrected chi connectivity index (χ1v) is 5.49. The third kappa shape index (κ3) is 2.18. The fourth-order valence-electron chi connectivity index (χ4n) is 1.36. The van der Waals surface area contributed by atoms with E-state index in [1.54, 1.807) is 16.8 Å². The monoisotopic (exact) mass is 259 g/mol. The normalized spacial score (nSPS) is 10.7. The van der Waals surface area contributed by atoms with E-state index < -0.39 is 5.82 Å². The van der Waals surface area contributed by atoms with Gasteiger partial charge in [-0.1, -0.05) is 23.7 Å². The maximum absolute atomic E-state index is 13.6. The zero-order valence-corrected chi connectivity index (χ0v) is 9.71. The van der Waals surface area contributed by atoms with Crippen LogP contribution >= 0.6 is 23.2 Å². The van der Waals surface area contributed by atoms with Gasteiger partial charge in [-0.05, 0) is 6.07 Å². The average molecular weight is 260 g/mol. The Balaban J connectivity index is 2.30. The summed E-state index contributed by atoms with van der Waals surface area (Å²) in [6.45, 7) is 0.272. The summed E-state index contributed by atoms with van der Waals surface area (Å²) in [4.78, 5) is 3.95. The molecule has 0 N–H and O–H groups in total. The van der Waals surface area contributed by atoms with Crippen molar-refractivity contribution < 1.29 is 4.39 Å². The molecule has 0 radical (unpaired) electrons. The van der Waals surface area contributed by atoms with Crippen LogP contribution in [-0.2, 0) is 12.4 Å². The largest absolute Gasteiger partial charge is 0.244 e. The highest BCUT2D eigenvalue weighted by Crippen LogP contribution is 2.18. The van der Waals surface area contributed by atoms with Crippen molar-refractivity contribution in [3.05, 3.63) is 46.8 Å².